The zero-order valence-electron chi connectivity index (χ0n) is 10.1. The Morgan fingerprint density at radius 3 is 2.82 bits per heavy atom. The molecule has 0 bridgehead atoms. The van der Waals surface area contributed by atoms with E-state index >= 15 is 0 Å². The van der Waals surface area contributed by atoms with Gasteiger partial charge in [0.15, 0.2) is 0 Å². The molecule has 1 fully saturated rings. The maximum absolute atomic E-state index is 4.54. The van der Waals surface area contributed by atoms with Gasteiger partial charge in [-0.05, 0) is 32.8 Å². The average Bonchev–Trinajstić information content (AvgIpc) is 2.90. The van der Waals surface area contributed by atoms with Crippen LogP contribution in [0.4, 0.5) is 0 Å². The van der Waals surface area contributed by atoms with Crippen LogP contribution in [0.5, 0.6) is 0 Å². The maximum Gasteiger partial charge on any atom is 0.124 e. The molecule has 0 aromatic carbocycles. The molecule has 1 N–H and O–H groups in total. The Morgan fingerprint density at radius 2 is 2.18 bits per heavy atom. The summed E-state index contributed by atoms with van der Waals surface area (Å²) in [5.74, 6) is 0. The third-order valence-corrected chi connectivity index (χ3v) is 4.96. The SMILES string of the molecule is Cc1cc(-c2ncc(CNC3CC3)s2)c(C)s1. The summed E-state index contributed by atoms with van der Waals surface area (Å²) in [4.78, 5) is 8.63. The topological polar surface area (TPSA) is 24.9 Å². The molecule has 3 rings (SSSR count). The smallest absolute Gasteiger partial charge is 0.124 e. The predicted molar refractivity (Wildman–Crippen MR) is 74.8 cm³/mol. The highest BCUT2D eigenvalue weighted by Gasteiger charge is 2.20. The van der Waals surface area contributed by atoms with Gasteiger partial charge in [-0.1, -0.05) is 0 Å². The van der Waals surface area contributed by atoms with E-state index in [4.69, 9.17) is 0 Å². The third kappa shape index (κ3) is 2.59. The van der Waals surface area contributed by atoms with Crippen LogP contribution < -0.4 is 5.32 Å². The van der Waals surface area contributed by atoms with Crippen LogP contribution in [0.15, 0.2) is 12.3 Å². The van der Waals surface area contributed by atoms with E-state index in [9.17, 15) is 0 Å². The zero-order valence-corrected chi connectivity index (χ0v) is 11.8. The molecule has 1 aliphatic rings. The van der Waals surface area contributed by atoms with E-state index in [0.29, 0.717) is 0 Å². The molecule has 0 radical (unpaired) electrons. The fraction of sp³-hybridized carbons (Fsp3) is 0.462. The Bertz CT molecular complexity index is 523. The lowest BCUT2D eigenvalue weighted by Gasteiger charge is -1.97. The highest BCUT2D eigenvalue weighted by atomic mass is 32.1. The van der Waals surface area contributed by atoms with Crippen LogP contribution in [-0.2, 0) is 6.54 Å². The summed E-state index contributed by atoms with van der Waals surface area (Å²) in [6.45, 7) is 5.31. The van der Waals surface area contributed by atoms with E-state index < -0.39 is 0 Å². The van der Waals surface area contributed by atoms with Crippen LogP contribution in [0.25, 0.3) is 10.6 Å². The van der Waals surface area contributed by atoms with Crippen molar-refractivity contribution in [3.63, 3.8) is 0 Å². The second kappa shape index (κ2) is 4.52. The van der Waals surface area contributed by atoms with Gasteiger partial charge < -0.3 is 5.32 Å². The lowest BCUT2D eigenvalue weighted by atomic mass is 10.2. The Hall–Kier alpha value is -0.710. The van der Waals surface area contributed by atoms with Crippen LogP contribution >= 0.6 is 22.7 Å². The predicted octanol–water partition coefficient (Wildman–Crippen LogP) is 3.74. The van der Waals surface area contributed by atoms with Crippen LogP contribution in [0.2, 0.25) is 0 Å². The standard InChI is InChI=1S/C13H16N2S2/c1-8-5-12(9(2)16-8)13-15-7-11(17-13)6-14-10-3-4-10/h5,7,10,14H,3-4,6H2,1-2H3. The second-order valence-electron chi connectivity index (χ2n) is 4.61. The first-order valence-electron chi connectivity index (χ1n) is 5.98. The van der Waals surface area contributed by atoms with Crippen molar-refractivity contribution in [2.45, 2.75) is 39.3 Å². The quantitative estimate of drug-likeness (QED) is 0.910. The van der Waals surface area contributed by atoms with Crippen LogP contribution in [0.3, 0.4) is 0 Å². The second-order valence-corrected chi connectivity index (χ2v) is 7.19. The number of rotatable bonds is 4. The van der Waals surface area contributed by atoms with Crippen LogP contribution in [0.1, 0.15) is 27.5 Å². The number of nitrogens with one attached hydrogen (secondary N) is 1. The number of aryl methyl sites for hydroxylation is 2. The third-order valence-electron chi connectivity index (χ3n) is 2.97. The number of hydrogen-bond acceptors (Lipinski definition) is 4. The van der Waals surface area contributed by atoms with Crippen molar-refractivity contribution in [2.75, 3.05) is 0 Å². The van der Waals surface area contributed by atoms with Gasteiger partial charge >= 0.3 is 0 Å². The lowest BCUT2D eigenvalue weighted by Crippen LogP contribution is -2.14. The summed E-state index contributed by atoms with van der Waals surface area (Å²) in [5.41, 5.74) is 1.31. The molecular formula is C13H16N2S2. The Morgan fingerprint density at radius 1 is 1.35 bits per heavy atom. The van der Waals surface area contributed by atoms with Crippen molar-refractivity contribution < 1.29 is 0 Å². The Labute approximate surface area is 110 Å². The molecule has 1 saturated carbocycles. The van der Waals surface area contributed by atoms with E-state index in [-0.39, 0.29) is 0 Å². The van der Waals surface area contributed by atoms with E-state index in [2.05, 4.69) is 30.2 Å². The summed E-state index contributed by atoms with van der Waals surface area (Å²) in [5, 5.41) is 4.70. The first-order valence-corrected chi connectivity index (χ1v) is 7.61. The summed E-state index contributed by atoms with van der Waals surface area (Å²) in [6.07, 6.45) is 4.70. The minimum Gasteiger partial charge on any atom is -0.309 e. The monoisotopic (exact) mass is 264 g/mol. The Kier molecular flexibility index (Phi) is 3.03. The van der Waals surface area contributed by atoms with E-state index in [1.807, 2.05) is 28.9 Å². The molecule has 0 aliphatic heterocycles. The van der Waals surface area contributed by atoms with Crippen molar-refractivity contribution >= 4 is 22.7 Å². The molecule has 4 heteroatoms. The van der Waals surface area contributed by atoms with Crippen LogP contribution in [0, 0.1) is 13.8 Å². The molecule has 2 aromatic heterocycles. The molecule has 0 saturated heterocycles. The Balaban J connectivity index is 1.76. The minimum atomic E-state index is 0.769. The van der Waals surface area contributed by atoms with Crippen molar-refractivity contribution in [3.8, 4) is 10.6 Å². The summed E-state index contributed by atoms with van der Waals surface area (Å²) in [6, 6.07) is 3.02. The molecule has 2 nitrogen and oxygen atoms in total. The number of thiazole rings is 1. The summed E-state index contributed by atoms with van der Waals surface area (Å²) < 4.78 is 0. The van der Waals surface area contributed by atoms with Gasteiger partial charge in [-0.2, -0.15) is 0 Å². The first kappa shape index (κ1) is 11.4. The molecule has 0 unspecified atom stereocenters. The maximum atomic E-state index is 4.54. The molecule has 0 atom stereocenters. The largest absolute Gasteiger partial charge is 0.309 e. The van der Waals surface area contributed by atoms with Crippen molar-refractivity contribution in [1.29, 1.82) is 0 Å². The van der Waals surface area contributed by atoms with E-state index in [0.717, 1.165) is 12.6 Å². The molecule has 2 aromatic rings. The van der Waals surface area contributed by atoms with Gasteiger partial charge in [-0.3, -0.25) is 0 Å². The van der Waals surface area contributed by atoms with Gasteiger partial charge in [0, 0.05) is 39.0 Å². The van der Waals surface area contributed by atoms with Crippen molar-refractivity contribution in [3.05, 3.63) is 26.9 Å². The number of nitrogens with zero attached hydrogens (tertiary/aromatic N) is 1. The summed E-state index contributed by atoms with van der Waals surface area (Å²) in [7, 11) is 0. The molecule has 0 amide bonds. The van der Waals surface area contributed by atoms with Gasteiger partial charge in [0.1, 0.15) is 5.01 Å². The van der Waals surface area contributed by atoms with E-state index in [1.54, 1.807) is 0 Å². The average molecular weight is 264 g/mol. The number of hydrogen-bond donors (Lipinski definition) is 1. The fourth-order valence-electron chi connectivity index (χ4n) is 1.89. The normalized spacial score (nSPS) is 15.4. The fourth-order valence-corrected chi connectivity index (χ4v) is 3.82. The molecule has 1 aliphatic carbocycles. The molecule has 90 valence electrons. The van der Waals surface area contributed by atoms with Crippen LogP contribution in [-0.4, -0.2) is 11.0 Å². The van der Waals surface area contributed by atoms with E-state index in [1.165, 1.54) is 38.0 Å². The first-order chi connectivity index (χ1) is 8.22. The molecule has 0 spiro atoms. The van der Waals surface area contributed by atoms with Gasteiger partial charge in [0.2, 0.25) is 0 Å². The highest BCUT2D eigenvalue weighted by molar-refractivity contribution is 7.16. The lowest BCUT2D eigenvalue weighted by molar-refractivity contribution is 0.694. The number of thiophene rings is 1. The molecule has 17 heavy (non-hydrogen) atoms. The van der Waals surface area contributed by atoms with Gasteiger partial charge in [-0.15, -0.1) is 22.7 Å². The van der Waals surface area contributed by atoms with Gasteiger partial charge in [0.25, 0.3) is 0 Å². The van der Waals surface area contributed by atoms with Gasteiger partial charge in [0.05, 0.1) is 0 Å². The van der Waals surface area contributed by atoms with Gasteiger partial charge in [-0.25, -0.2) is 4.98 Å². The molecular weight excluding hydrogens is 248 g/mol. The number of aromatic nitrogens is 1. The minimum absolute atomic E-state index is 0.769. The van der Waals surface area contributed by atoms with Crippen molar-refractivity contribution in [2.24, 2.45) is 0 Å². The van der Waals surface area contributed by atoms with Crippen molar-refractivity contribution in [1.82, 2.24) is 10.3 Å². The highest BCUT2D eigenvalue weighted by Crippen LogP contribution is 2.33. The zero-order chi connectivity index (χ0) is 11.8. The molecule has 2 heterocycles. The summed E-state index contributed by atoms with van der Waals surface area (Å²) >= 11 is 3.67.